The summed E-state index contributed by atoms with van der Waals surface area (Å²) < 4.78 is 4.67. The van der Waals surface area contributed by atoms with Gasteiger partial charge < -0.3 is 0 Å². The monoisotopic (exact) mass is 1930 g/mol. The maximum Gasteiger partial charge on any atom is 0.238 e. The van der Waals surface area contributed by atoms with Gasteiger partial charge in [0.1, 0.15) is 0 Å². The van der Waals surface area contributed by atoms with Crippen molar-refractivity contribution in [3.63, 3.8) is 0 Å². The molecular weight excluding hydrogens is 1830 g/mol. The zero-order valence-electron chi connectivity index (χ0n) is 79.8. The van der Waals surface area contributed by atoms with Crippen molar-refractivity contribution in [1.82, 2.24) is 39.0 Å². The second-order valence-electron chi connectivity index (χ2n) is 38.4. The van der Waals surface area contributed by atoms with Crippen LogP contribution in [0.4, 0.5) is 0 Å². The molecule has 2 bridgehead atoms. The van der Waals surface area contributed by atoms with Gasteiger partial charge in [-0.2, -0.15) is 19.9 Å². The SMILES string of the molecule is c1ccc([Si](c2ccccc2)(c2ccccc2)c2ccc(-c3nc(-c4ccc([Si](c5ccccc5)(c5ccccc5)c5ccccc5)cc4)nc(-n4c5ccccc5c5c6c(ccc54)C4c5ccccc5C6c5c4ccc4c5c5ccccc5n4-c4nc(-c5ccc([Si](c6ccccc6)(c6ccccc6)c6ccccc6)cc5)nc(-c5ccc([Si](c6ccccc6)(c6ccccc6)c6ccccc6)cc5)n4)n3)cc2)cc1. The van der Waals surface area contributed by atoms with Crippen molar-refractivity contribution in [2.24, 2.45) is 0 Å². The van der Waals surface area contributed by atoms with Crippen LogP contribution >= 0.6 is 0 Å². The van der Waals surface area contributed by atoms with Gasteiger partial charge in [0.05, 0.1) is 22.1 Å². The van der Waals surface area contributed by atoms with E-state index in [1.165, 1.54) is 116 Å². The molecule has 0 radical (unpaired) electrons. The fraction of sp³-hybridized carbons (Fsp3) is 0.0149. The largest absolute Gasteiger partial charge is 0.278 e. The Labute approximate surface area is 852 Å². The number of hydrogen-bond acceptors (Lipinski definition) is 6. The Bertz CT molecular complexity index is 7890. The Hall–Kier alpha value is -17.9. The van der Waals surface area contributed by atoms with Crippen LogP contribution in [0, 0.1) is 0 Å². The van der Waals surface area contributed by atoms with E-state index in [0.717, 1.165) is 65.9 Å². The van der Waals surface area contributed by atoms with Crippen LogP contribution in [-0.4, -0.2) is 71.3 Å². The lowest BCUT2D eigenvalue weighted by atomic mass is 9.59. The van der Waals surface area contributed by atoms with E-state index >= 15 is 0 Å². The van der Waals surface area contributed by atoms with Crippen LogP contribution < -0.4 is 83.0 Å². The quantitative estimate of drug-likeness (QED) is 0.0496. The van der Waals surface area contributed by atoms with E-state index in [2.05, 4.69) is 567 Å². The molecule has 0 spiro atoms. The summed E-state index contributed by atoms with van der Waals surface area (Å²) in [5.74, 6) is 2.93. The Morgan fingerprint density at radius 1 is 0.144 bits per heavy atom. The Balaban J connectivity index is 0.654. The summed E-state index contributed by atoms with van der Waals surface area (Å²) in [5, 5.41) is 25.1. The van der Waals surface area contributed by atoms with Gasteiger partial charge in [0.25, 0.3) is 0 Å². The summed E-state index contributed by atoms with van der Waals surface area (Å²) in [7, 11) is -11.8. The molecule has 4 heterocycles. The van der Waals surface area contributed by atoms with Gasteiger partial charge in [-0.05, 0) is 141 Å². The van der Waals surface area contributed by atoms with Gasteiger partial charge in [0.2, 0.25) is 11.9 Å². The first-order valence-corrected chi connectivity index (χ1v) is 58.3. The molecule has 0 aliphatic heterocycles. The molecule has 686 valence electrons. The molecule has 0 amide bonds. The third-order valence-electron chi connectivity index (χ3n) is 31.1. The van der Waals surface area contributed by atoms with E-state index in [9.17, 15) is 0 Å². The summed E-state index contributed by atoms with van der Waals surface area (Å²) in [4.78, 5) is 34.8. The maximum absolute atomic E-state index is 5.84. The molecule has 4 aromatic heterocycles. The molecule has 8 nitrogen and oxygen atoms in total. The summed E-state index contributed by atoms with van der Waals surface area (Å²) in [5.41, 5.74) is 15.2. The second kappa shape index (κ2) is 36.3. The number of nitrogens with zero attached hydrogens (tertiary/aromatic N) is 8. The van der Waals surface area contributed by atoms with Crippen molar-refractivity contribution in [3.05, 3.63) is 591 Å². The Morgan fingerprint density at radius 2 is 0.329 bits per heavy atom. The van der Waals surface area contributed by atoms with Crippen molar-refractivity contribution < 1.29 is 0 Å². The van der Waals surface area contributed by atoms with E-state index in [1.807, 2.05) is 0 Å². The Kier molecular flexibility index (Phi) is 21.6. The summed E-state index contributed by atoms with van der Waals surface area (Å²) in [6, 6.07) is 207. The second-order valence-corrected chi connectivity index (χ2v) is 53.6. The fourth-order valence-electron chi connectivity index (χ4n) is 24.9. The number of benzene rings is 21. The molecule has 3 aliphatic carbocycles. The predicted octanol–water partition coefficient (Wildman–Crippen LogP) is 19.4. The first-order valence-electron chi connectivity index (χ1n) is 50.3. The minimum atomic E-state index is -2.95. The van der Waals surface area contributed by atoms with Gasteiger partial charge in [-0.15, -0.1) is 0 Å². The average Bonchev–Trinajstić information content (AvgIpc) is 1.45. The number of fused-ring (bicyclic) bond motifs is 6. The van der Waals surface area contributed by atoms with Crippen molar-refractivity contribution in [1.29, 1.82) is 0 Å². The highest BCUT2D eigenvalue weighted by Crippen LogP contribution is 2.61. The van der Waals surface area contributed by atoms with E-state index in [-0.39, 0.29) is 11.8 Å². The van der Waals surface area contributed by atoms with Crippen molar-refractivity contribution >= 4 is 159 Å². The first kappa shape index (κ1) is 87.2. The lowest BCUT2D eigenvalue weighted by molar-refractivity contribution is 0.767. The highest BCUT2D eigenvalue weighted by atomic mass is 28.3. The molecule has 0 N–H and O–H groups in total. The van der Waals surface area contributed by atoms with Crippen LogP contribution in [0.3, 0.4) is 0 Å². The summed E-state index contributed by atoms with van der Waals surface area (Å²) in [6.07, 6.45) is 0. The smallest absolute Gasteiger partial charge is 0.238 e. The molecule has 28 rings (SSSR count). The van der Waals surface area contributed by atoms with Crippen LogP contribution in [0.2, 0.25) is 0 Å². The summed E-state index contributed by atoms with van der Waals surface area (Å²) >= 11 is 0. The van der Waals surface area contributed by atoms with Gasteiger partial charge >= 0.3 is 0 Å². The van der Waals surface area contributed by atoms with Gasteiger partial charge in [-0.1, -0.05) is 534 Å². The van der Waals surface area contributed by atoms with Crippen LogP contribution in [0.15, 0.2) is 558 Å². The normalized spacial score (nSPS) is 13.3. The molecular formula is C134H94N8Si4. The Morgan fingerprint density at radius 3 is 0.548 bits per heavy atom. The van der Waals surface area contributed by atoms with Crippen molar-refractivity contribution in [2.75, 3.05) is 0 Å². The van der Waals surface area contributed by atoms with Gasteiger partial charge in [0.15, 0.2) is 55.6 Å². The number of para-hydroxylation sites is 2. The maximum atomic E-state index is 5.84. The van der Waals surface area contributed by atoms with E-state index in [1.54, 1.807) is 0 Å². The van der Waals surface area contributed by atoms with E-state index < -0.39 is 32.3 Å². The van der Waals surface area contributed by atoms with Crippen LogP contribution in [0.25, 0.3) is 101 Å². The van der Waals surface area contributed by atoms with E-state index in [4.69, 9.17) is 29.9 Å². The third-order valence-corrected chi connectivity index (χ3v) is 50.3. The molecule has 0 saturated heterocycles. The lowest BCUT2D eigenvalue weighted by Crippen LogP contribution is -2.74. The molecule has 3 aliphatic rings. The number of hydrogen-bond donors (Lipinski definition) is 0. The van der Waals surface area contributed by atoms with Crippen LogP contribution in [0.1, 0.15) is 45.2 Å². The molecule has 146 heavy (non-hydrogen) atoms. The number of aromatic nitrogens is 8. The topological polar surface area (TPSA) is 87.2 Å². The highest BCUT2D eigenvalue weighted by molar-refractivity contribution is 7.22. The van der Waals surface area contributed by atoms with Gasteiger partial charge in [0, 0.05) is 55.6 Å². The predicted molar refractivity (Wildman–Crippen MR) is 613 cm³/mol. The van der Waals surface area contributed by atoms with Crippen molar-refractivity contribution in [3.8, 4) is 57.4 Å². The van der Waals surface area contributed by atoms with Gasteiger partial charge in [-0.25, -0.2) is 9.97 Å². The number of rotatable bonds is 22. The first-order chi connectivity index (χ1) is 72.4. The minimum absolute atomic E-state index is 0.123. The minimum Gasteiger partial charge on any atom is -0.278 e. The molecule has 25 aromatic rings. The fourth-order valence-corrected chi connectivity index (χ4v) is 43.9. The molecule has 0 atom stereocenters. The summed E-state index contributed by atoms with van der Waals surface area (Å²) in [6.45, 7) is 0. The van der Waals surface area contributed by atoms with Gasteiger partial charge in [-0.3, -0.25) is 9.13 Å². The highest BCUT2D eigenvalue weighted by Gasteiger charge is 2.49. The molecule has 0 fully saturated rings. The zero-order valence-corrected chi connectivity index (χ0v) is 83.8. The van der Waals surface area contributed by atoms with Crippen LogP contribution in [-0.2, 0) is 0 Å². The average molecular weight is 1930 g/mol. The van der Waals surface area contributed by atoms with Crippen LogP contribution in [0.5, 0.6) is 0 Å². The molecule has 0 unspecified atom stereocenters. The standard InChI is InChI=1S/C134H94N8Si4/c1-13-43-97(44-14-1)143(98-45-15-2-16-46-98,99-47-17-3-18-48-99)109-81-73-93(74-82-109)129-135-130(94-75-83-110(84-76-94)144(100-49-19-4-20-50-100,101-51-21-5-22-52-101)102-53-23-6-24-54-102)138-133(137-129)141-119-71-41-39-69-115(119)124-121(141)91-89-117-123-113-67-37-38-68-114(113)126(127(117)124)128-118(123)90-92-122-125(128)116-70-40-42-72-120(116)142(122)134-139-131(95-77-85-111(86-78-95)145(103-55-25-7-26-56-103,104-57-27-8-28-58-104)105-59-29-9-30-60-105)136-132(140-134)96-79-87-112(88-80-96)146(106-61-31-10-32-62-106,107-63-33-11-34-64-107)108-65-35-12-36-66-108/h1-92,123,126H. The zero-order chi connectivity index (χ0) is 96.7. The van der Waals surface area contributed by atoms with Crippen molar-refractivity contribution in [2.45, 2.75) is 11.8 Å². The molecule has 21 aromatic carbocycles. The van der Waals surface area contributed by atoms with E-state index in [0.29, 0.717) is 35.2 Å². The molecule has 0 saturated carbocycles. The third kappa shape index (κ3) is 13.9. The lowest BCUT2D eigenvalue weighted by Gasteiger charge is -2.43. The molecule has 12 heteroatoms.